The summed E-state index contributed by atoms with van der Waals surface area (Å²) in [7, 11) is 0. The summed E-state index contributed by atoms with van der Waals surface area (Å²) in [5, 5.41) is 20.5. The second-order valence-electron chi connectivity index (χ2n) is 14.9. The van der Waals surface area contributed by atoms with Gasteiger partial charge in [-0.25, -0.2) is 24.8 Å². The number of carboxylic acids is 1. The van der Waals surface area contributed by atoms with E-state index >= 15 is 0 Å². The highest BCUT2D eigenvalue weighted by Gasteiger charge is 2.37. The molecule has 0 saturated carbocycles. The number of hydrogen-bond acceptors (Lipinski definition) is 14. The molecule has 4 aromatic rings. The first-order valence-electron chi connectivity index (χ1n) is 20.2. The van der Waals surface area contributed by atoms with E-state index in [-0.39, 0.29) is 53.5 Å². The summed E-state index contributed by atoms with van der Waals surface area (Å²) < 4.78 is 37.5. The van der Waals surface area contributed by atoms with Gasteiger partial charge in [-0.3, -0.25) is 14.4 Å². The smallest absolute Gasteiger partial charge is 0.341 e. The Hall–Kier alpha value is -7.12. The molecule has 2 saturated heterocycles. The Kier molecular flexibility index (Phi) is 13.8. The molecule has 4 aliphatic heterocycles. The van der Waals surface area contributed by atoms with Crippen LogP contribution in [-0.4, -0.2) is 111 Å². The molecular formula is C42H45F2N11O7. The number of hydrazone groups is 2. The van der Waals surface area contributed by atoms with E-state index in [2.05, 4.69) is 30.1 Å². The molecule has 0 radical (unpaired) electrons. The molecule has 2 atom stereocenters. The summed E-state index contributed by atoms with van der Waals surface area (Å²) >= 11 is 0. The molecule has 20 heteroatoms. The molecule has 0 unspecified atom stereocenters. The zero-order chi connectivity index (χ0) is 43.6. The minimum absolute atomic E-state index is 0.00671. The Morgan fingerprint density at radius 2 is 1.05 bits per heavy atom. The van der Waals surface area contributed by atoms with Crippen molar-refractivity contribution >= 4 is 48.0 Å². The summed E-state index contributed by atoms with van der Waals surface area (Å²) in [6.07, 6.45) is 9.27. The largest absolute Gasteiger partial charge is 0.479 e. The number of piperidine rings is 2. The number of aliphatic carboxylic acids is 1. The van der Waals surface area contributed by atoms with Gasteiger partial charge in [0.25, 0.3) is 17.7 Å². The van der Waals surface area contributed by atoms with Crippen LogP contribution in [0.15, 0.2) is 83.3 Å². The third kappa shape index (κ3) is 10.4. The van der Waals surface area contributed by atoms with Crippen LogP contribution in [-0.2, 0) is 19.2 Å². The lowest BCUT2D eigenvalue weighted by Gasteiger charge is -2.33. The highest BCUT2D eigenvalue weighted by molar-refractivity contribution is 5.83. The molecule has 18 nitrogen and oxygen atoms in total. The van der Waals surface area contributed by atoms with Gasteiger partial charge in [0.2, 0.25) is 35.3 Å². The lowest BCUT2D eigenvalue weighted by molar-refractivity contribution is -0.139. The van der Waals surface area contributed by atoms with Gasteiger partial charge in [-0.05, 0) is 36.8 Å². The van der Waals surface area contributed by atoms with Crippen LogP contribution in [0.2, 0.25) is 0 Å². The standard InChI is InChI=1S/C21H23FN6O3.C21H22FN5O4/c22-16-12-24-21(26-19(16)31-13-18(23)29)27-10-7-15(8-11-27)20(30)28-17(6-9-25-28)14-4-2-1-3-5-14;22-16-12-23-21(25-19(16)31-13-18(28)29)26-10-7-15(8-11-26)20(30)27-17(6-9-24-27)14-4-2-1-3-5-14/h1-5,9,12,15,17H,6-8,10-11,13H2,(H2,23,29);1-5,9,12,15,17H,6-8,10-11,13H2,(H,28,29)/t2*17-/m00/s1. The molecule has 0 bridgehead atoms. The van der Waals surface area contributed by atoms with E-state index in [1.54, 1.807) is 22.4 Å². The van der Waals surface area contributed by atoms with Crippen LogP contribution < -0.4 is 25.0 Å². The van der Waals surface area contributed by atoms with Crippen molar-refractivity contribution in [3.8, 4) is 11.8 Å². The number of halogens is 2. The molecular weight excluding hydrogens is 809 g/mol. The van der Waals surface area contributed by atoms with Gasteiger partial charge in [0, 0.05) is 63.3 Å². The number of hydrogen-bond donors (Lipinski definition) is 2. The minimum atomic E-state index is -1.22. The van der Waals surface area contributed by atoms with E-state index in [4.69, 9.17) is 20.3 Å². The van der Waals surface area contributed by atoms with Crippen LogP contribution in [0, 0.1) is 23.5 Å². The molecule has 0 aliphatic carbocycles. The number of anilines is 2. The Morgan fingerprint density at radius 3 is 1.44 bits per heavy atom. The number of nitrogens with two attached hydrogens (primary N) is 1. The van der Waals surface area contributed by atoms with Gasteiger partial charge in [-0.2, -0.15) is 29.0 Å². The molecule has 2 aromatic carbocycles. The van der Waals surface area contributed by atoms with Crippen LogP contribution in [0.4, 0.5) is 20.7 Å². The van der Waals surface area contributed by atoms with Gasteiger partial charge >= 0.3 is 5.97 Å². The zero-order valence-corrected chi connectivity index (χ0v) is 33.6. The van der Waals surface area contributed by atoms with Gasteiger partial charge in [0.05, 0.1) is 24.5 Å². The SMILES string of the molecule is NC(=O)COc1nc(N2CCC(C(=O)N3N=CC[C@H]3c3ccccc3)CC2)ncc1F.O=C(O)COc1nc(N2CCC(C(=O)N3N=CC[C@H]3c3ccccc3)CC2)ncc1F. The lowest BCUT2D eigenvalue weighted by atomic mass is 9.94. The van der Waals surface area contributed by atoms with Crippen molar-refractivity contribution in [3.05, 3.63) is 95.8 Å². The van der Waals surface area contributed by atoms with E-state index in [0.717, 1.165) is 23.5 Å². The zero-order valence-electron chi connectivity index (χ0n) is 33.6. The van der Waals surface area contributed by atoms with Gasteiger partial charge in [-0.15, -0.1) is 0 Å². The van der Waals surface area contributed by atoms with Crippen LogP contribution >= 0.6 is 0 Å². The first-order chi connectivity index (χ1) is 30.0. The summed E-state index contributed by atoms with van der Waals surface area (Å²) in [4.78, 5) is 67.5. The van der Waals surface area contributed by atoms with Crippen molar-refractivity contribution in [2.45, 2.75) is 50.6 Å². The molecule has 3 amide bonds. The number of amides is 3. The molecule has 4 aliphatic rings. The van der Waals surface area contributed by atoms with Gasteiger partial charge in [0.15, 0.2) is 13.2 Å². The molecule has 8 rings (SSSR count). The third-order valence-electron chi connectivity index (χ3n) is 10.8. The number of ether oxygens (including phenoxy) is 2. The van der Waals surface area contributed by atoms with Crippen LogP contribution in [0.1, 0.15) is 61.7 Å². The van der Waals surface area contributed by atoms with E-state index in [1.807, 2.05) is 70.5 Å². The lowest BCUT2D eigenvalue weighted by Crippen LogP contribution is -2.41. The second-order valence-corrected chi connectivity index (χ2v) is 14.9. The van der Waals surface area contributed by atoms with Gasteiger partial charge in [0.1, 0.15) is 0 Å². The maximum absolute atomic E-state index is 13.8. The molecule has 0 spiro atoms. The van der Waals surface area contributed by atoms with Gasteiger partial charge in [-0.1, -0.05) is 60.7 Å². The van der Waals surface area contributed by atoms with Crippen molar-refractivity contribution in [2.24, 2.45) is 27.8 Å². The van der Waals surface area contributed by atoms with Crippen molar-refractivity contribution in [1.82, 2.24) is 30.0 Å². The number of rotatable bonds is 12. The normalized spacial score (nSPS) is 18.9. The van der Waals surface area contributed by atoms with E-state index in [0.29, 0.717) is 64.7 Å². The fourth-order valence-corrected chi connectivity index (χ4v) is 7.65. The van der Waals surface area contributed by atoms with Crippen LogP contribution in [0.3, 0.4) is 0 Å². The average molecular weight is 854 g/mol. The Morgan fingerprint density at radius 1 is 0.645 bits per heavy atom. The van der Waals surface area contributed by atoms with Crippen LogP contribution in [0.25, 0.3) is 0 Å². The van der Waals surface area contributed by atoms with E-state index < -0.39 is 42.6 Å². The predicted molar refractivity (Wildman–Crippen MR) is 220 cm³/mol. The van der Waals surface area contributed by atoms with Crippen molar-refractivity contribution in [3.63, 3.8) is 0 Å². The van der Waals surface area contributed by atoms with E-state index in [1.165, 1.54) is 0 Å². The molecule has 62 heavy (non-hydrogen) atoms. The summed E-state index contributed by atoms with van der Waals surface area (Å²) in [5.41, 5.74) is 7.15. The number of aromatic nitrogens is 4. The quantitative estimate of drug-likeness (QED) is 0.207. The molecule has 324 valence electrons. The van der Waals surface area contributed by atoms with Crippen molar-refractivity contribution in [1.29, 1.82) is 0 Å². The number of primary amides is 1. The predicted octanol–water partition coefficient (Wildman–Crippen LogP) is 3.91. The summed E-state index contributed by atoms with van der Waals surface area (Å²) in [6, 6.07) is 19.6. The Labute approximate surface area is 355 Å². The Balaban J connectivity index is 0.000000186. The maximum Gasteiger partial charge on any atom is 0.341 e. The monoisotopic (exact) mass is 853 g/mol. The maximum atomic E-state index is 13.8. The first kappa shape index (κ1) is 43.0. The number of carbonyl (C=O) groups is 4. The highest BCUT2D eigenvalue weighted by atomic mass is 19.1. The number of nitrogens with zero attached hydrogens (tertiary/aromatic N) is 10. The third-order valence-corrected chi connectivity index (χ3v) is 10.8. The number of carboxylic acid groups (broad SMARTS) is 1. The molecule has 2 aromatic heterocycles. The highest BCUT2D eigenvalue weighted by Crippen LogP contribution is 2.34. The fourth-order valence-electron chi connectivity index (χ4n) is 7.65. The molecule has 6 heterocycles. The average Bonchev–Trinajstić information content (AvgIpc) is 4.00. The second kappa shape index (κ2) is 20.0. The summed E-state index contributed by atoms with van der Waals surface area (Å²) in [6.45, 7) is 0.920. The van der Waals surface area contributed by atoms with E-state index in [9.17, 15) is 28.0 Å². The van der Waals surface area contributed by atoms with Crippen molar-refractivity contribution < 1.29 is 42.5 Å². The Bertz CT molecular complexity index is 2120. The summed E-state index contributed by atoms with van der Waals surface area (Å²) in [5.74, 6) is -4.08. The topological polar surface area (TPSA) is 222 Å². The minimum Gasteiger partial charge on any atom is -0.479 e. The fraction of sp³-hybridized carbons (Fsp3) is 0.381. The number of carbonyl (C=O) groups excluding carboxylic acids is 3. The molecule has 3 N–H and O–H groups in total. The first-order valence-corrected chi connectivity index (χ1v) is 20.2. The van der Waals surface area contributed by atoms with Gasteiger partial charge < -0.3 is 30.1 Å². The van der Waals surface area contributed by atoms with Crippen LogP contribution in [0.5, 0.6) is 11.8 Å². The van der Waals surface area contributed by atoms with Crippen molar-refractivity contribution in [2.75, 3.05) is 49.2 Å². The molecule has 2 fully saturated rings. The number of benzene rings is 2.